The van der Waals surface area contributed by atoms with Crippen LogP contribution in [-0.2, 0) is 14.3 Å². The molecule has 2 amide bonds. The van der Waals surface area contributed by atoms with Crippen molar-refractivity contribution in [3.8, 4) is 0 Å². The van der Waals surface area contributed by atoms with E-state index >= 15 is 0 Å². The van der Waals surface area contributed by atoms with E-state index in [4.69, 9.17) is 15.2 Å². The Balaban J connectivity index is 1.78. The predicted octanol–water partition coefficient (Wildman–Crippen LogP) is 0.281. The molecule has 1 aromatic carbocycles. The van der Waals surface area contributed by atoms with Crippen molar-refractivity contribution in [2.75, 3.05) is 26.2 Å². The molecule has 2 saturated heterocycles. The molecule has 0 radical (unpaired) electrons. The van der Waals surface area contributed by atoms with Crippen molar-refractivity contribution in [3.05, 3.63) is 35.9 Å². The molecule has 7 nitrogen and oxygen atoms in total. The fourth-order valence-electron chi connectivity index (χ4n) is 2.51. The van der Waals surface area contributed by atoms with Gasteiger partial charge in [-0.1, -0.05) is 30.3 Å². The molecule has 1 aromatic rings. The second-order valence-electron chi connectivity index (χ2n) is 4.95. The topological polar surface area (TPSA) is 85.1 Å². The maximum absolute atomic E-state index is 12.6. The van der Waals surface area contributed by atoms with Crippen LogP contribution in [0.25, 0.3) is 0 Å². The predicted molar refractivity (Wildman–Crippen MR) is 72.9 cm³/mol. The van der Waals surface area contributed by atoms with E-state index in [1.54, 1.807) is 0 Å². The summed E-state index contributed by atoms with van der Waals surface area (Å²) in [5.41, 5.74) is 6.28. The number of amides is 2. The molecular weight excluding hydrogens is 274 g/mol. The third-order valence-electron chi connectivity index (χ3n) is 3.58. The van der Waals surface area contributed by atoms with Crippen LogP contribution in [-0.4, -0.2) is 54.4 Å². The number of hydrogen-bond acceptors (Lipinski definition) is 5. The Labute approximate surface area is 122 Å². The van der Waals surface area contributed by atoms with Crippen molar-refractivity contribution in [2.45, 2.75) is 12.2 Å². The minimum atomic E-state index is -0.690. The summed E-state index contributed by atoms with van der Waals surface area (Å²) in [4.78, 5) is 24.4. The molecule has 2 atom stereocenters. The van der Waals surface area contributed by atoms with Gasteiger partial charge in [0, 0.05) is 6.54 Å². The molecule has 2 fully saturated rings. The van der Waals surface area contributed by atoms with Gasteiger partial charge >= 0.3 is 6.09 Å². The van der Waals surface area contributed by atoms with E-state index in [1.807, 2.05) is 30.3 Å². The fraction of sp³-hybridized carbons (Fsp3) is 0.429. The van der Waals surface area contributed by atoms with Gasteiger partial charge in [-0.2, -0.15) is 0 Å². The van der Waals surface area contributed by atoms with Gasteiger partial charge < -0.3 is 15.2 Å². The Bertz CT molecular complexity index is 536. The molecule has 7 heteroatoms. The fourth-order valence-corrected chi connectivity index (χ4v) is 2.51. The molecule has 0 bridgehead atoms. The highest BCUT2D eigenvalue weighted by Gasteiger charge is 2.41. The van der Waals surface area contributed by atoms with Crippen LogP contribution in [0, 0.1) is 0 Å². The van der Waals surface area contributed by atoms with E-state index < -0.39 is 12.2 Å². The summed E-state index contributed by atoms with van der Waals surface area (Å²) in [6.07, 6.45) is -1.60. The average molecular weight is 291 g/mol. The van der Waals surface area contributed by atoms with E-state index in [2.05, 4.69) is 0 Å². The number of cyclic esters (lactones) is 1. The van der Waals surface area contributed by atoms with Crippen molar-refractivity contribution in [2.24, 2.45) is 5.73 Å². The largest absolute Gasteiger partial charge is 0.442 e. The second kappa shape index (κ2) is 5.71. The zero-order valence-corrected chi connectivity index (χ0v) is 11.5. The van der Waals surface area contributed by atoms with Crippen molar-refractivity contribution >= 4 is 12.0 Å². The van der Waals surface area contributed by atoms with Crippen LogP contribution in [0.2, 0.25) is 0 Å². The molecule has 2 unspecified atom stereocenters. The lowest BCUT2D eigenvalue weighted by atomic mass is 10.1. The molecule has 0 spiro atoms. The number of carbonyl (C=O) groups is 2. The zero-order valence-electron chi connectivity index (χ0n) is 11.5. The quantitative estimate of drug-likeness (QED) is 0.864. The first-order valence-corrected chi connectivity index (χ1v) is 6.86. The highest BCUT2D eigenvalue weighted by molar-refractivity contribution is 5.85. The van der Waals surface area contributed by atoms with Gasteiger partial charge in [-0.25, -0.2) is 14.8 Å². The Hall–Kier alpha value is -2.12. The lowest BCUT2D eigenvalue weighted by Crippen LogP contribution is -2.53. The lowest BCUT2D eigenvalue weighted by Gasteiger charge is -2.36. The van der Waals surface area contributed by atoms with E-state index in [0.717, 1.165) is 5.56 Å². The number of hydrazine groups is 1. The Morgan fingerprint density at radius 3 is 2.62 bits per heavy atom. The Morgan fingerprint density at radius 1 is 1.19 bits per heavy atom. The van der Waals surface area contributed by atoms with Crippen molar-refractivity contribution < 1.29 is 19.1 Å². The van der Waals surface area contributed by atoms with E-state index in [0.29, 0.717) is 19.7 Å². The molecule has 2 N–H and O–H groups in total. The van der Waals surface area contributed by atoms with Crippen LogP contribution >= 0.6 is 0 Å². The molecular formula is C14H17N3O4. The van der Waals surface area contributed by atoms with Gasteiger partial charge in [0.2, 0.25) is 0 Å². The highest BCUT2D eigenvalue weighted by atomic mass is 16.6. The monoisotopic (exact) mass is 291 g/mol. The highest BCUT2D eigenvalue weighted by Crippen LogP contribution is 2.26. The number of nitrogens with zero attached hydrogens (tertiary/aromatic N) is 2. The van der Waals surface area contributed by atoms with Crippen LogP contribution in [0.15, 0.2) is 30.3 Å². The first-order chi connectivity index (χ1) is 10.2. The molecule has 3 rings (SSSR count). The third kappa shape index (κ3) is 2.57. The normalized spacial score (nSPS) is 26.1. The summed E-state index contributed by atoms with van der Waals surface area (Å²) in [7, 11) is 0. The van der Waals surface area contributed by atoms with Gasteiger partial charge in [-0.05, 0) is 5.56 Å². The van der Waals surface area contributed by atoms with Crippen molar-refractivity contribution in [1.29, 1.82) is 0 Å². The summed E-state index contributed by atoms with van der Waals surface area (Å²) in [5, 5.41) is 2.72. The van der Waals surface area contributed by atoms with Gasteiger partial charge in [0.15, 0.2) is 6.10 Å². The number of morpholine rings is 1. The van der Waals surface area contributed by atoms with Crippen LogP contribution in [0.4, 0.5) is 4.79 Å². The van der Waals surface area contributed by atoms with Gasteiger partial charge in [0.25, 0.3) is 5.91 Å². The molecule has 2 aliphatic heterocycles. The summed E-state index contributed by atoms with van der Waals surface area (Å²) < 4.78 is 10.7. The molecule has 0 aliphatic carbocycles. The lowest BCUT2D eigenvalue weighted by molar-refractivity contribution is -0.170. The smallest absolute Gasteiger partial charge is 0.429 e. The summed E-state index contributed by atoms with van der Waals surface area (Å²) >= 11 is 0. The Kier molecular flexibility index (Phi) is 3.76. The summed E-state index contributed by atoms with van der Waals surface area (Å²) in [6.45, 7) is 1.22. The van der Waals surface area contributed by atoms with E-state index in [1.165, 1.54) is 10.0 Å². The number of benzene rings is 1. The number of nitrogens with two attached hydrogens (primary N) is 1. The third-order valence-corrected chi connectivity index (χ3v) is 3.58. The number of hydrogen-bond donors (Lipinski definition) is 1. The second-order valence-corrected chi connectivity index (χ2v) is 4.95. The molecule has 2 aliphatic rings. The van der Waals surface area contributed by atoms with Gasteiger partial charge in [0.1, 0.15) is 6.10 Å². The van der Waals surface area contributed by atoms with Crippen LogP contribution < -0.4 is 5.73 Å². The minimum Gasteiger partial charge on any atom is -0.442 e. The number of ether oxygens (including phenoxy) is 2. The standard InChI is InChI=1S/C14H17N3O4/c15-8-11-9-17(14(19)21-11)16-6-7-20-12(13(16)18)10-4-2-1-3-5-10/h1-5,11-12H,6-9,15H2. The molecule has 112 valence electrons. The molecule has 21 heavy (non-hydrogen) atoms. The van der Waals surface area contributed by atoms with Crippen molar-refractivity contribution in [3.63, 3.8) is 0 Å². The van der Waals surface area contributed by atoms with Crippen LogP contribution in [0.5, 0.6) is 0 Å². The molecule has 0 aromatic heterocycles. The van der Waals surface area contributed by atoms with Crippen LogP contribution in [0.1, 0.15) is 11.7 Å². The summed E-state index contributed by atoms with van der Waals surface area (Å²) in [6, 6.07) is 9.23. The van der Waals surface area contributed by atoms with Gasteiger partial charge in [-0.3, -0.25) is 4.79 Å². The first-order valence-electron chi connectivity index (χ1n) is 6.86. The minimum absolute atomic E-state index is 0.239. The van der Waals surface area contributed by atoms with Crippen molar-refractivity contribution in [1.82, 2.24) is 10.0 Å². The maximum Gasteiger partial charge on any atom is 0.429 e. The number of rotatable bonds is 3. The van der Waals surface area contributed by atoms with E-state index in [9.17, 15) is 9.59 Å². The van der Waals surface area contributed by atoms with Crippen LogP contribution in [0.3, 0.4) is 0 Å². The molecule has 0 saturated carbocycles. The zero-order chi connectivity index (χ0) is 14.8. The van der Waals surface area contributed by atoms with Gasteiger partial charge in [-0.15, -0.1) is 0 Å². The summed E-state index contributed by atoms with van der Waals surface area (Å²) in [5.74, 6) is -0.262. The Morgan fingerprint density at radius 2 is 1.95 bits per heavy atom. The van der Waals surface area contributed by atoms with Gasteiger partial charge in [0.05, 0.1) is 19.7 Å². The van der Waals surface area contributed by atoms with E-state index in [-0.39, 0.29) is 18.6 Å². The first kappa shape index (κ1) is 13.8. The SMILES string of the molecule is NCC1CN(N2CCOC(c3ccccc3)C2=O)C(=O)O1. The maximum atomic E-state index is 12.6. The average Bonchev–Trinajstić information content (AvgIpc) is 2.89. The molecule has 2 heterocycles. The number of carbonyl (C=O) groups excluding carboxylic acids is 2.